The first-order valence-electron chi connectivity index (χ1n) is 6.98. The lowest BCUT2D eigenvalue weighted by Crippen LogP contribution is -2.43. The maximum atomic E-state index is 12.3. The van der Waals surface area contributed by atoms with Crippen LogP contribution in [0.1, 0.15) is 30.1 Å². The van der Waals surface area contributed by atoms with E-state index in [2.05, 4.69) is 0 Å². The Labute approximate surface area is 127 Å². The van der Waals surface area contributed by atoms with Gasteiger partial charge in [-0.2, -0.15) is 0 Å². The fourth-order valence-electron chi connectivity index (χ4n) is 2.71. The second-order valence-electron chi connectivity index (χ2n) is 5.27. The highest BCUT2D eigenvalue weighted by atomic mass is 35.5. The average Bonchev–Trinajstić information content (AvgIpc) is 3.25. The maximum Gasteiger partial charge on any atom is 0.300 e. The van der Waals surface area contributed by atoms with Gasteiger partial charge in [0, 0.05) is 12.6 Å². The molecule has 6 heteroatoms. The van der Waals surface area contributed by atoms with E-state index < -0.39 is 11.7 Å². The molecule has 0 N–H and O–H groups in total. The van der Waals surface area contributed by atoms with Gasteiger partial charge < -0.3 is 4.90 Å². The number of nitrogens with zero attached hydrogens (tertiary/aromatic N) is 2. The van der Waals surface area contributed by atoms with Crippen LogP contribution in [-0.4, -0.2) is 41.6 Å². The lowest BCUT2D eigenvalue weighted by atomic mass is 10.1. The molecule has 1 aromatic rings. The molecule has 5 nitrogen and oxygen atoms in total. The van der Waals surface area contributed by atoms with Crippen LogP contribution in [0.5, 0.6) is 0 Å². The molecule has 1 aliphatic carbocycles. The second-order valence-corrected chi connectivity index (χ2v) is 5.67. The Morgan fingerprint density at radius 1 is 1.38 bits per heavy atom. The Hall–Kier alpha value is -1.88. The second kappa shape index (κ2) is 5.15. The summed E-state index contributed by atoms with van der Waals surface area (Å²) in [6.45, 7) is 2.42. The number of carbonyl (C=O) groups is 3. The topological polar surface area (TPSA) is 57.7 Å². The number of benzene rings is 1. The number of hydrogen-bond donors (Lipinski definition) is 0. The van der Waals surface area contributed by atoms with Gasteiger partial charge in [0.1, 0.15) is 6.54 Å². The quantitative estimate of drug-likeness (QED) is 0.798. The molecule has 2 aliphatic rings. The van der Waals surface area contributed by atoms with Gasteiger partial charge in [-0.3, -0.25) is 19.3 Å². The monoisotopic (exact) mass is 306 g/mol. The molecular weight excluding hydrogens is 292 g/mol. The van der Waals surface area contributed by atoms with Crippen LogP contribution in [0.15, 0.2) is 18.2 Å². The molecule has 0 bridgehead atoms. The van der Waals surface area contributed by atoms with Gasteiger partial charge in [-0.25, -0.2) is 0 Å². The van der Waals surface area contributed by atoms with Crippen molar-refractivity contribution in [3.05, 3.63) is 28.8 Å². The molecule has 2 amide bonds. The van der Waals surface area contributed by atoms with Crippen molar-refractivity contribution in [1.29, 1.82) is 0 Å². The number of ketones is 1. The predicted molar refractivity (Wildman–Crippen MR) is 78.5 cm³/mol. The van der Waals surface area contributed by atoms with E-state index in [-0.39, 0.29) is 29.1 Å². The molecule has 0 atom stereocenters. The van der Waals surface area contributed by atoms with E-state index in [4.69, 9.17) is 11.6 Å². The van der Waals surface area contributed by atoms with Gasteiger partial charge in [-0.05, 0) is 31.9 Å². The first-order chi connectivity index (χ1) is 10.0. The number of rotatable bonds is 4. The average molecular weight is 307 g/mol. The molecule has 0 saturated heterocycles. The molecule has 110 valence electrons. The highest BCUT2D eigenvalue weighted by molar-refractivity contribution is 6.55. The van der Waals surface area contributed by atoms with Crippen molar-refractivity contribution < 1.29 is 14.4 Å². The minimum absolute atomic E-state index is 0.109. The van der Waals surface area contributed by atoms with Crippen LogP contribution >= 0.6 is 11.6 Å². The summed E-state index contributed by atoms with van der Waals surface area (Å²) in [6, 6.07) is 5.17. The lowest BCUT2D eigenvalue weighted by molar-refractivity contribution is -0.131. The lowest BCUT2D eigenvalue weighted by Gasteiger charge is -2.24. The molecule has 0 radical (unpaired) electrons. The Kier molecular flexibility index (Phi) is 3.45. The molecule has 1 saturated carbocycles. The van der Waals surface area contributed by atoms with Crippen molar-refractivity contribution in [2.24, 2.45) is 0 Å². The summed E-state index contributed by atoms with van der Waals surface area (Å²) in [5.74, 6) is -1.45. The van der Waals surface area contributed by atoms with Crippen molar-refractivity contribution in [3.63, 3.8) is 0 Å². The van der Waals surface area contributed by atoms with Gasteiger partial charge in [0.2, 0.25) is 5.91 Å². The van der Waals surface area contributed by atoms with Crippen LogP contribution in [0, 0.1) is 0 Å². The number of carbonyl (C=O) groups excluding carboxylic acids is 3. The van der Waals surface area contributed by atoms with Crippen molar-refractivity contribution in [1.82, 2.24) is 4.90 Å². The summed E-state index contributed by atoms with van der Waals surface area (Å²) in [6.07, 6.45) is 2.02. The van der Waals surface area contributed by atoms with Gasteiger partial charge in [0.15, 0.2) is 0 Å². The normalized spacial score (nSPS) is 17.1. The number of amides is 2. The first-order valence-corrected chi connectivity index (χ1v) is 7.36. The minimum Gasteiger partial charge on any atom is -0.338 e. The third kappa shape index (κ3) is 2.31. The molecule has 0 spiro atoms. The van der Waals surface area contributed by atoms with Crippen molar-refractivity contribution >= 4 is 34.9 Å². The van der Waals surface area contributed by atoms with E-state index in [1.165, 1.54) is 4.90 Å². The SMILES string of the molecule is CCN(C(=O)CN1C(=O)C(=O)c2c(Cl)cccc21)C1CC1. The summed E-state index contributed by atoms with van der Waals surface area (Å²) < 4.78 is 0. The van der Waals surface area contributed by atoms with Crippen LogP contribution < -0.4 is 4.90 Å². The zero-order valence-electron chi connectivity index (χ0n) is 11.6. The Balaban J connectivity index is 1.86. The molecule has 0 unspecified atom stereocenters. The first kappa shape index (κ1) is 14.1. The molecule has 21 heavy (non-hydrogen) atoms. The summed E-state index contributed by atoms with van der Waals surface area (Å²) in [5, 5.41) is 0.246. The predicted octanol–water partition coefficient (Wildman–Crippen LogP) is 1.88. The van der Waals surface area contributed by atoms with E-state index in [0.717, 1.165) is 12.8 Å². The Bertz CT molecular complexity index is 640. The Morgan fingerprint density at radius 2 is 2.10 bits per heavy atom. The molecular formula is C15H15ClN2O3. The standard InChI is InChI=1S/C15H15ClN2O3/c1-2-17(9-6-7-9)12(19)8-18-11-5-3-4-10(16)13(11)14(20)15(18)21/h3-5,9H,2,6-8H2,1H3. The molecule has 3 rings (SSSR count). The van der Waals surface area contributed by atoms with Crippen LogP contribution in [0.2, 0.25) is 5.02 Å². The zero-order chi connectivity index (χ0) is 15.1. The third-order valence-corrected chi connectivity index (χ3v) is 4.21. The summed E-state index contributed by atoms with van der Waals surface area (Å²) in [7, 11) is 0. The molecule has 1 fully saturated rings. The fraction of sp³-hybridized carbons (Fsp3) is 0.400. The smallest absolute Gasteiger partial charge is 0.300 e. The largest absolute Gasteiger partial charge is 0.338 e. The van der Waals surface area contributed by atoms with Crippen molar-refractivity contribution in [2.45, 2.75) is 25.8 Å². The van der Waals surface area contributed by atoms with Crippen molar-refractivity contribution in [3.8, 4) is 0 Å². The van der Waals surface area contributed by atoms with E-state index in [1.807, 2.05) is 6.92 Å². The Morgan fingerprint density at radius 3 is 2.71 bits per heavy atom. The van der Waals surface area contributed by atoms with Crippen LogP contribution in [0.3, 0.4) is 0 Å². The highest BCUT2D eigenvalue weighted by Gasteiger charge is 2.40. The summed E-state index contributed by atoms with van der Waals surface area (Å²) in [5.41, 5.74) is 0.629. The van der Waals surface area contributed by atoms with Gasteiger partial charge in [-0.1, -0.05) is 17.7 Å². The van der Waals surface area contributed by atoms with E-state index in [0.29, 0.717) is 12.2 Å². The van der Waals surface area contributed by atoms with Crippen LogP contribution in [0.4, 0.5) is 5.69 Å². The van der Waals surface area contributed by atoms with Crippen LogP contribution in [-0.2, 0) is 9.59 Å². The van der Waals surface area contributed by atoms with Gasteiger partial charge in [-0.15, -0.1) is 0 Å². The molecule has 1 aliphatic heterocycles. The molecule has 0 aromatic heterocycles. The molecule has 1 aromatic carbocycles. The highest BCUT2D eigenvalue weighted by Crippen LogP contribution is 2.34. The van der Waals surface area contributed by atoms with Gasteiger partial charge >= 0.3 is 0 Å². The van der Waals surface area contributed by atoms with Crippen LogP contribution in [0.25, 0.3) is 0 Å². The minimum atomic E-state index is -0.682. The zero-order valence-corrected chi connectivity index (χ0v) is 12.4. The number of halogens is 1. The summed E-state index contributed by atoms with van der Waals surface area (Å²) >= 11 is 5.99. The van der Waals surface area contributed by atoms with Crippen molar-refractivity contribution in [2.75, 3.05) is 18.0 Å². The molecule has 1 heterocycles. The summed E-state index contributed by atoms with van der Waals surface area (Å²) in [4.78, 5) is 39.4. The number of Topliss-reactive ketones (excluding diaryl/α,β-unsaturated/α-hetero) is 1. The third-order valence-electron chi connectivity index (χ3n) is 3.89. The fourth-order valence-corrected chi connectivity index (χ4v) is 2.96. The van der Waals surface area contributed by atoms with E-state index >= 15 is 0 Å². The van der Waals surface area contributed by atoms with E-state index in [9.17, 15) is 14.4 Å². The number of anilines is 1. The van der Waals surface area contributed by atoms with Gasteiger partial charge in [0.25, 0.3) is 11.7 Å². The van der Waals surface area contributed by atoms with E-state index in [1.54, 1.807) is 23.1 Å². The van der Waals surface area contributed by atoms with Gasteiger partial charge in [0.05, 0.1) is 16.3 Å². The number of hydrogen-bond acceptors (Lipinski definition) is 3. The number of fused-ring (bicyclic) bond motifs is 1. The number of likely N-dealkylation sites (N-methyl/N-ethyl adjacent to an activating group) is 1. The maximum absolute atomic E-state index is 12.3.